The molecule has 1 heterocycles. The molecule has 1 amide bonds. The fourth-order valence-corrected chi connectivity index (χ4v) is 1.64. The number of carbonyl (C=O) groups is 1. The van der Waals surface area contributed by atoms with Crippen LogP contribution in [-0.2, 0) is 16.1 Å². The van der Waals surface area contributed by atoms with Gasteiger partial charge in [0.05, 0.1) is 19.1 Å². The molecule has 2 rings (SSSR count). The Kier molecular flexibility index (Phi) is 4.62. The van der Waals surface area contributed by atoms with Gasteiger partial charge in [0.25, 0.3) is 0 Å². The van der Waals surface area contributed by atoms with E-state index in [1.807, 2.05) is 0 Å². The van der Waals surface area contributed by atoms with Crippen molar-refractivity contribution < 1.29 is 18.7 Å². The lowest BCUT2D eigenvalue weighted by molar-refractivity contribution is -0.121. The molecule has 0 saturated heterocycles. The first-order valence-electron chi connectivity index (χ1n) is 6.02. The minimum Gasteiger partial charge on any atom is -0.494 e. The maximum atomic E-state index is 11.7. The van der Waals surface area contributed by atoms with E-state index in [0.29, 0.717) is 22.9 Å². The van der Waals surface area contributed by atoms with Crippen LogP contribution in [0, 0.1) is 0 Å². The molecule has 1 aromatic heterocycles. The molecule has 106 valence electrons. The summed E-state index contributed by atoms with van der Waals surface area (Å²) in [7, 11) is 1.51. The zero-order valence-electron chi connectivity index (χ0n) is 11.1. The molecule has 0 aliphatic rings. The van der Waals surface area contributed by atoms with Gasteiger partial charge in [-0.15, -0.1) is 0 Å². The number of nitrogens with two attached hydrogens (primary N) is 1. The van der Waals surface area contributed by atoms with Crippen LogP contribution in [0.15, 0.2) is 41.0 Å². The summed E-state index contributed by atoms with van der Waals surface area (Å²) in [6.45, 7) is 0.174. The number of benzene rings is 1. The molecule has 0 bridgehead atoms. The van der Waals surface area contributed by atoms with E-state index in [-0.39, 0.29) is 19.1 Å². The molecule has 0 radical (unpaired) electrons. The highest BCUT2D eigenvalue weighted by Crippen LogP contribution is 2.26. The summed E-state index contributed by atoms with van der Waals surface area (Å²) in [5.74, 6) is 0.895. The zero-order valence-corrected chi connectivity index (χ0v) is 11.1. The molecule has 0 aliphatic carbocycles. The lowest BCUT2D eigenvalue weighted by Gasteiger charge is -2.10. The van der Waals surface area contributed by atoms with Crippen molar-refractivity contribution in [2.75, 3.05) is 24.8 Å². The van der Waals surface area contributed by atoms with Crippen LogP contribution in [0.3, 0.4) is 0 Å². The van der Waals surface area contributed by atoms with Crippen molar-refractivity contribution in [2.24, 2.45) is 0 Å². The van der Waals surface area contributed by atoms with Crippen molar-refractivity contribution in [3.8, 4) is 5.75 Å². The number of amides is 1. The summed E-state index contributed by atoms with van der Waals surface area (Å²) in [5, 5.41) is 2.69. The summed E-state index contributed by atoms with van der Waals surface area (Å²) >= 11 is 0. The van der Waals surface area contributed by atoms with E-state index in [2.05, 4.69) is 5.32 Å². The Morgan fingerprint density at radius 1 is 1.40 bits per heavy atom. The van der Waals surface area contributed by atoms with Crippen LogP contribution in [-0.4, -0.2) is 19.6 Å². The van der Waals surface area contributed by atoms with Crippen LogP contribution in [0.4, 0.5) is 11.4 Å². The molecule has 6 heteroatoms. The Labute approximate surface area is 116 Å². The van der Waals surface area contributed by atoms with Gasteiger partial charge in [0.15, 0.2) is 0 Å². The highest BCUT2D eigenvalue weighted by atomic mass is 16.5. The molecule has 0 unspecified atom stereocenters. The molecule has 2 aromatic rings. The Balaban J connectivity index is 1.85. The smallest absolute Gasteiger partial charge is 0.250 e. The minimum absolute atomic E-state index is 0.0752. The Morgan fingerprint density at radius 3 is 2.95 bits per heavy atom. The largest absolute Gasteiger partial charge is 0.494 e. The van der Waals surface area contributed by atoms with Crippen molar-refractivity contribution in [2.45, 2.75) is 6.61 Å². The van der Waals surface area contributed by atoms with Crippen LogP contribution in [0.5, 0.6) is 5.75 Å². The average molecular weight is 276 g/mol. The second kappa shape index (κ2) is 6.63. The number of rotatable bonds is 6. The van der Waals surface area contributed by atoms with Crippen molar-refractivity contribution >= 4 is 17.3 Å². The van der Waals surface area contributed by atoms with Crippen LogP contribution in [0.1, 0.15) is 5.76 Å². The number of anilines is 2. The van der Waals surface area contributed by atoms with Gasteiger partial charge in [0.1, 0.15) is 24.7 Å². The van der Waals surface area contributed by atoms with Crippen LogP contribution in [0.2, 0.25) is 0 Å². The number of hydrogen-bond acceptors (Lipinski definition) is 5. The van der Waals surface area contributed by atoms with E-state index in [1.54, 1.807) is 36.6 Å². The summed E-state index contributed by atoms with van der Waals surface area (Å²) in [6.07, 6.45) is 1.55. The lowest BCUT2D eigenvalue weighted by Crippen LogP contribution is -2.18. The van der Waals surface area contributed by atoms with Crippen molar-refractivity contribution in [3.05, 3.63) is 42.4 Å². The van der Waals surface area contributed by atoms with E-state index >= 15 is 0 Å². The van der Waals surface area contributed by atoms with Crippen molar-refractivity contribution in [3.63, 3.8) is 0 Å². The van der Waals surface area contributed by atoms with Crippen LogP contribution < -0.4 is 15.8 Å². The van der Waals surface area contributed by atoms with Crippen LogP contribution >= 0.6 is 0 Å². The van der Waals surface area contributed by atoms with E-state index in [1.165, 1.54) is 7.11 Å². The second-order valence-electron chi connectivity index (χ2n) is 4.08. The fourth-order valence-electron chi connectivity index (χ4n) is 1.64. The second-order valence-corrected chi connectivity index (χ2v) is 4.08. The Bertz CT molecular complexity index is 567. The fraction of sp³-hybridized carbons (Fsp3) is 0.214. The van der Waals surface area contributed by atoms with Gasteiger partial charge >= 0.3 is 0 Å². The van der Waals surface area contributed by atoms with Gasteiger partial charge in [0.2, 0.25) is 5.91 Å². The monoisotopic (exact) mass is 276 g/mol. The molecule has 20 heavy (non-hydrogen) atoms. The summed E-state index contributed by atoms with van der Waals surface area (Å²) in [5.41, 5.74) is 6.75. The van der Waals surface area contributed by atoms with Gasteiger partial charge in [-0.3, -0.25) is 4.79 Å². The third-order valence-corrected chi connectivity index (χ3v) is 2.56. The topological polar surface area (TPSA) is 86.7 Å². The molecule has 0 spiro atoms. The molecule has 0 fully saturated rings. The molecular formula is C14H16N2O4. The predicted octanol–water partition coefficient (Wildman–Crippen LogP) is 2.03. The average Bonchev–Trinajstić information content (AvgIpc) is 2.94. The third-order valence-electron chi connectivity index (χ3n) is 2.56. The molecule has 0 saturated carbocycles. The van der Waals surface area contributed by atoms with E-state index in [0.717, 1.165) is 0 Å². The quantitative estimate of drug-likeness (QED) is 0.788. The minimum atomic E-state index is -0.278. The summed E-state index contributed by atoms with van der Waals surface area (Å²) < 4.78 is 15.5. The van der Waals surface area contributed by atoms with Crippen molar-refractivity contribution in [1.29, 1.82) is 0 Å². The highest BCUT2D eigenvalue weighted by Gasteiger charge is 2.08. The standard InChI is InChI=1S/C14H16N2O4/c1-18-13-7-10(15)4-5-12(13)16-14(17)9-19-8-11-3-2-6-20-11/h2-7H,8-9,15H2,1H3,(H,16,17). The first-order valence-corrected chi connectivity index (χ1v) is 6.02. The highest BCUT2D eigenvalue weighted by molar-refractivity contribution is 5.93. The van der Waals surface area contributed by atoms with Crippen molar-refractivity contribution in [1.82, 2.24) is 0 Å². The number of ether oxygens (including phenoxy) is 2. The number of carbonyl (C=O) groups excluding carboxylic acids is 1. The van der Waals surface area contributed by atoms with Gasteiger partial charge < -0.3 is 24.9 Å². The summed E-state index contributed by atoms with van der Waals surface area (Å²) in [4.78, 5) is 11.7. The molecule has 1 aromatic carbocycles. The SMILES string of the molecule is COc1cc(N)ccc1NC(=O)COCc1ccco1. The predicted molar refractivity (Wildman–Crippen MR) is 74.4 cm³/mol. The zero-order chi connectivity index (χ0) is 14.4. The molecule has 6 nitrogen and oxygen atoms in total. The summed E-state index contributed by atoms with van der Waals surface area (Å²) in [6, 6.07) is 8.54. The lowest BCUT2D eigenvalue weighted by atomic mass is 10.2. The number of furan rings is 1. The Morgan fingerprint density at radius 2 is 2.25 bits per heavy atom. The van der Waals surface area contributed by atoms with Gasteiger partial charge in [0, 0.05) is 11.8 Å². The van der Waals surface area contributed by atoms with E-state index in [4.69, 9.17) is 19.6 Å². The molecular weight excluding hydrogens is 260 g/mol. The number of nitrogen functional groups attached to an aromatic ring is 1. The first-order chi connectivity index (χ1) is 9.69. The van der Waals surface area contributed by atoms with E-state index < -0.39 is 0 Å². The molecule has 0 aliphatic heterocycles. The van der Waals surface area contributed by atoms with Gasteiger partial charge in [-0.2, -0.15) is 0 Å². The number of methoxy groups -OCH3 is 1. The Hall–Kier alpha value is -2.47. The van der Waals surface area contributed by atoms with Gasteiger partial charge in [-0.25, -0.2) is 0 Å². The van der Waals surface area contributed by atoms with Crippen LogP contribution in [0.25, 0.3) is 0 Å². The normalized spacial score (nSPS) is 10.2. The first kappa shape index (κ1) is 14.0. The maximum absolute atomic E-state index is 11.7. The molecule has 3 N–H and O–H groups in total. The third kappa shape index (κ3) is 3.76. The number of nitrogens with one attached hydrogen (secondary N) is 1. The molecule has 0 atom stereocenters. The maximum Gasteiger partial charge on any atom is 0.250 e. The van der Waals surface area contributed by atoms with Gasteiger partial charge in [-0.05, 0) is 24.3 Å². The van der Waals surface area contributed by atoms with E-state index in [9.17, 15) is 4.79 Å². The number of hydrogen-bond donors (Lipinski definition) is 2. The van der Waals surface area contributed by atoms with Gasteiger partial charge in [-0.1, -0.05) is 0 Å².